The van der Waals surface area contributed by atoms with Crippen molar-refractivity contribution in [2.75, 3.05) is 10.8 Å². The Labute approximate surface area is 246 Å². The molecule has 0 unspecified atom stereocenters. The number of fused-ring (bicyclic) bond motifs is 1. The van der Waals surface area contributed by atoms with Gasteiger partial charge in [0.2, 0.25) is 0 Å². The first-order valence-corrected chi connectivity index (χ1v) is 12.2. The molecule has 0 saturated carbocycles. The number of anilines is 1. The summed E-state index contributed by atoms with van der Waals surface area (Å²) in [6, 6.07) is 28.5. The average Bonchev–Trinajstić information content (AvgIpc) is 3.13. The van der Waals surface area contributed by atoms with Crippen molar-refractivity contribution in [2.45, 2.75) is 13.2 Å². The SMILES string of the molecule is O=C1CN(c2cc3ccc(OCc4ccccc4)cc3cc2OCc2ccccc2)S(=O)(=O)N1.[K]. The zero-order chi connectivity index (χ0) is 23.5. The normalized spacial score (nSPS) is 14.3. The maximum absolute atomic E-state index is 12.5. The van der Waals surface area contributed by atoms with Gasteiger partial charge in [0.1, 0.15) is 31.3 Å². The van der Waals surface area contributed by atoms with E-state index in [-0.39, 0.29) is 64.5 Å². The third-order valence-electron chi connectivity index (χ3n) is 5.46. The van der Waals surface area contributed by atoms with Crippen LogP contribution in [-0.2, 0) is 28.2 Å². The summed E-state index contributed by atoms with van der Waals surface area (Å²) < 4.78 is 40.1. The van der Waals surface area contributed by atoms with Crippen LogP contribution in [0.1, 0.15) is 11.1 Å². The fraction of sp³-hybridized carbons (Fsp3) is 0.115. The number of amides is 1. The van der Waals surface area contributed by atoms with Crippen molar-refractivity contribution in [2.24, 2.45) is 0 Å². The Balaban J connectivity index is 0.00000289. The fourth-order valence-electron chi connectivity index (χ4n) is 3.78. The van der Waals surface area contributed by atoms with Crippen LogP contribution in [0.4, 0.5) is 5.69 Å². The van der Waals surface area contributed by atoms with E-state index in [1.54, 1.807) is 12.1 Å². The molecule has 1 heterocycles. The first-order valence-electron chi connectivity index (χ1n) is 10.7. The molecule has 9 heteroatoms. The van der Waals surface area contributed by atoms with Gasteiger partial charge >= 0.3 is 10.2 Å². The Morgan fingerprint density at radius 3 is 2.00 bits per heavy atom. The van der Waals surface area contributed by atoms with E-state index in [0.29, 0.717) is 23.8 Å². The second kappa shape index (κ2) is 11.1. The van der Waals surface area contributed by atoms with Gasteiger partial charge in [0.05, 0.1) is 5.69 Å². The number of ether oxygens (including phenoxy) is 2. The molecule has 1 N–H and O–H groups in total. The van der Waals surface area contributed by atoms with E-state index >= 15 is 0 Å². The van der Waals surface area contributed by atoms with Gasteiger partial charge < -0.3 is 9.47 Å². The van der Waals surface area contributed by atoms with Crippen LogP contribution in [0, 0.1) is 0 Å². The minimum Gasteiger partial charge on any atom is -0.489 e. The summed E-state index contributed by atoms with van der Waals surface area (Å²) in [5.74, 6) is 0.458. The van der Waals surface area contributed by atoms with E-state index in [4.69, 9.17) is 9.47 Å². The summed E-state index contributed by atoms with van der Waals surface area (Å²) >= 11 is 0. The van der Waals surface area contributed by atoms with Crippen LogP contribution in [0.15, 0.2) is 91.0 Å². The maximum Gasteiger partial charge on any atom is 0.326 e. The van der Waals surface area contributed by atoms with Gasteiger partial charge in [-0.1, -0.05) is 66.7 Å². The molecule has 1 saturated heterocycles. The maximum atomic E-state index is 12.5. The van der Waals surface area contributed by atoms with Crippen LogP contribution >= 0.6 is 0 Å². The van der Waals surface area contributed by atoms with Gasteiger partial charge in [0.25, 0.3) is 5.91 Å². The monoisotopic (exact) mass is 513 g/mol. The predicted molar refractivity (Wildman–Crippen MR) is 136 cm³/mol. The Morgan fingerprint density at radius 1 is 0.771 bits per heavy atom. The summed E-state index contributed by atoms with van der Waals surface area (Å²) in [5.41, 5.74) is 2.30. The van der Waals surface area contributed by atoms with Crippen molar-refractivity contribution in [3.05, 3.63) is 102 Å². The molecule has 4 aromatic rings. The zero-order valence-corrected chi connectivity index (χ0v) is 23.1. The van der Waals surface area contributed by atoms with Gasteiger partial charge in [0.15, 0.2) is 0 Å². The summed E-state index contributed by atoms with van der Waals surface area (Å²) in [5, 5.41) is 1.62. The molecule has 0 bridgehead atoms. The number of hydrogen-bond donors (Lipinski definition) is 1. The molecule has 35 heavy (non-hydrogen) atoms. The molecular formula is C26H22KN2O5S. The number of benzene rings is 4. The van der Waals surface area contributed by atoms with Gasteiger partial charge in [-0.3, -0.25) is 4.79 Å². The smallest absolute Gasteiger partial charge is 0.326 e. The van der Waals surface area contributed by atoms with Crippen molar-refractivity contribution in [3.8, 4) is 11.5 Å². The average molecular weight is 514 g/mol. The molecule has 5 rings (SSSR count). The van der Waals surface area contributed by atoms with Crippen molar-refractivity contribution >= 4 is 84.0 Å². The molecule has 1 radical (unpaired) electrons. The van der Waals surface area contributed by atoms with Gasteiger partial charge in [0, 0.05) is 51.4 Å². The fourth-order valence-corrected chi connectivity index (χ4v) is 4.93. The first kappa shape index (κ1) is 25.7. The molecule has 1 amide bonds. The standard InChI is InChI=1S/C26H22N2O5S.K/c29-26-16-28(34(30,31)27-26)24-14-21-11-12-23(32-17-19-7-3-1-4-8-19)13-22(21)15-25(24)33-18-20-9-5-2-6-10-20;/h1-15H,16-18H2,(H,27,29);. The van der Waals surface area contributed by atoms with Crippen LogP contribution in [0.25, 0.3) is 10.8 Å². The predicted octanol–water partition coefficient (Wildman–Crippen LogP) is 3.80. The number of hydrogen-bond acceptors (Lipinski definition) is 5. The van der Waals surface area contributed by atoms with E-state index < -0.39 is 16.1 Å². The van der Waals surface area contributed by atoms with Gasteiger partial charge in [-0.2, -0.15) is 8.42 Å². The minimum absolute atomic E-state index is 0. The first-order chi connectivity index (χ1) is 16.5. The van der Waals surface area contributed by atoms with Crippen LogP contribution < -0.4 is 18.5 Å². The molecule has 4 aromatic carbocycles. The molecule has 0 aromatic heterocycles. The Kier molecular flexibility index (Phi) is 8.15. The second-order valence-electron chi connectivity index (χ2n) is 7.91. The van der Waals surface area contributed by atoms with Gasteiger partial charge in [-0.15, -0.1) is 0 Å². The molecule has 1 aliphatic rings. The number of rotatable bonds is 7. The molecule has 173 valence electrons. The van der Waals surface area contributed by atoms with E-state index in [2.05, 4.69) is 0 Å². The molecule has 0 spiro atoms. The van der Waals surface area contributed by atoms with Crippen LogP contribution in [0.3, 0.4) is 0 Å². The van der Waals surface area contributed by atoms with E-state index in [0.717, 1.165) is 26.2 Å². The van der Waals surface area contributed by atoms with Crippen LogP contribution in [0.5, 0.6) is 11.5 Å². The third kappa shape index (κ3) is 6.06. The third-order valence-corrected chi connectivity index (χ3v) is 6.86. The van der Waals surface area contributed by atoms with Crippen LogP contribution in [0.2, 0.25) is 0 Å². The van der Waals surface area contributed by atoms with E-state index in [1.807, 2.05) is 83.6 Å². The molecule has 0 aliphatic carbocycles. The molecule has 7 nitrogen and oxygen atoms in total. The summed E-state index contributed by atoms with van der Waals surface area (Å²) in [6.07, 6.45) is 0. The largest absolute Gasteiger partial charge is 0.489 e. The molecule has 1 aliphatic heterocycles. The van der Waals surface area contributed by atoms with Crippen molar-refractivity contribution in [3.63, 3.8) is 0 Å². The molecule has 1 fully saturated rings. The van der Waals surface area contributed by atoms with E-state index in [1.165, 1.54) is 0 Å². The minimum atomic E-state index is -3.98. The van der Waals surface area contributed by atoms with Gasteiger partial charge in [-0.05, 0) is 46.2 Å². The number of carbonyl (C=O) groups excluding carboxylic acids is 1. The second-order valence-corrected chi connectivity index (χ2v) is 9.51. The topological polar surface area (TPSA) is 84.9 Å². The summed E-state index contributed by atoms with van der Waals surface area (Å²) in [4.78, 5) is 11.8. The van der Waals surface area contributed by atoms with Crippen LogP contribution in [-0.4, -0.2) is 72.3 Å². The van der Waals surface area contributed by atoms with Crippen molar-refractivity contribution in [1.82, 2.24) is 4.72 Å². The Morgan fingerprint density at radius 2 is 1.40 bits per heavy atom. The number of nitrogens with one attached hydrogen (secondary N) is 1. The Hall–Kier alpha value is -2.40. The van der Waals surface area contributed by atoms with Gasteiger partial charge in [-0.25, -0.2) is 9.03 Å². The summed E-state index contributed by atoms with van der Waals surface area (Å²) in [6.45, 7) is 0.383. The number of carbonyl (C=O) groups is 1. The number of nitrogens with zero attached hydrogens (tertiary/aromatic N) is 1. The molecule has 0 atom stereocenters. The quantitative estimate of drug-likeness (QED) is 0.380. The zero-order valence-electron chi connectivity index (χ0n) is 19.2. The summed E-state index contributed by atoms with van der Waals surface area (Å²) in [7, 11) is -3.98. The Bertz CT molecular complexity index is 1450. The van der Waals surface area contributed by atoms with E-state index in [9.17, 15) is 13.2 Å². The van der Waals surface area contributed by atoms with Crippen molar-refractivity contribution < 1.29 is 22.7 Å². The molecular weight excluding hydrogens is 491 g/mol. The van der Waals surface area contributed by atoms with Crippen molar-refractivity contribution in [1.29, 1.82) is 0 Å².